The number of hydrogen-bond acceptors (Lipinski definition) is 4. The predicted octanol–water partition coefficient (Wildman–Crippen LogP) is 3.62. The van der Waals surface area contributed by atoms with Crippen LogP contribution in [0.5, 0.6) is 5.75 Å². The van der Waals surface area contributed by atoms with Crippen LogP contribution in [0.4, 0.5) is 4.79 Å². The van der Waals surface area contributed by atoms with E-state index in [0.717, 1.165) is 30.2 Å². The average molecular weight is 501 g/mol. The predicted molar refractivity (Wildman–Crippen MR) is 92.2 cm³/mol. The van der Waals surface area contributed by atoms with Crippen molar-refractivity contribution >= 4 is 74.2 Å². The first-order valence-corrected chi connectivity index (χ1v) is 8.35. The molecule has 1 aliphatic rings. The first-order chi connectivity index (χ1) is 9.01. The Labute approximate surface area is 142 Å². The number of thioether (sulfide) groups is 1. The van der Waals surface area contributed by atoms with E-state index in [9.17, 15) is 9.59 Å². The quantitative estimate of drug-likeness (QED) is 0.509. The summed E-state index contributed by atoms with van der Waals surface area (Å²) in [6.07, 6.45) is 1.69. The van der Waals surface area contributed by atoms with Gasteiger partial charge in [0.05, 0.1) is 15.1 Å². The largest absolute Gasteiger partial charge is 0.492 e. The molecule has 7 heteroatoms. The number of ether oxygens (including phenoxy) is 1. The van der Waals surface area contributed by atoms with Crippen LogP contribution in [0, 0.1) is 7.14 Å². The van der Waals surface area contributed by atoms with E-state index in [2.05, 4.69) is 50.5 Å². The summed E-state index contributed by atoms with van der Waals surface area (Å²) in [7, 11) is 0. The minimum Gasteiger partial charge on any atom is -0.492 e. The number of nitrogens with one attached hydrogen (secondary N) is 1. The normalized spacial score (nSPS) is 16.9. The third kappa shape index (κ3) is 3.63. The lowest BCUT2D eigenvalue weighted by Crippen LogP contribution is -2.17. The summed E-state index contributed by atoms with van der Waals surface area (Å²) in [5.41, 5.74) is 0.811. The van der Waals surface area contributed by atoms with Crippen LogP contribution >= 0.6 is 56.9 Å². The molecule has 0 aromatic heterocycles. The molecule has 100 valence electrons. The van der Waals surface area contributed by atoms with E-state index in [1.165, 1.54) is 0 Å². The number of carbonyl (C=O) groups is 2. The molecule has 0 radical (unpaired) electrons. The van der Waals surface area contributed by atoms with E-state index in [1.54, 1.807) is 6.08 Å². The zero-order valence-corrected chi connectivity index (χ0v) is 15.0. The Kier molecular flexibility index (Phi) is 5.12. The van der Waals surface area contributed by atoms with Gasteiger partial charge in [-0.15, -0.1) is 0 Å². The molecule has 1 heterocycles. The standard InChI is InChI=1S/C12H9I2NO3S/c1-2-18-10-6(3-7(13)5-8(10)14)4-9-11(16)15-12(17)19-9/h3-5H,2H2,1H3,(H,15,16,17)/b9-4-. The van der Waals surface area contributed by atoms with Gasteiger partial charge in [0.1, 0.15) is 5.75 Å². The average Bonchev–Trinajstić information content (AvgIpc) is 2.62. The van der Waals surface area contributed by atoms with Crippen molar-refractivity contribution in [2.24, 2.45) is 0 Å². The van der Waals surface area contributed by atoms with Crippen molar-refractivity contribution in [3.63, 3.8) is 0 Å². The molecule has 1 saturated heterocycles. The van der Waals surface area contributed by atoms with E-state index < -0.39 is 0 Å². The van der Waals surface area contributed by atoms with Gasteiger partial charge in [-0.25, -0.2) is 0 Å². The van der Waals surface area contributed by atoms with Gasteiger partial charge in [-0.2, -0.15) is 0 Å². The minimum atomic E-state index is -0.355. The Balaban J connectivity index is 2.46. The molecule has 2 amide bonds. The van der Waals surface area contributed by atoms with Gasteiger partial charge in [0.2, 0.25) is 0 Å². The number of hydrogen-bond donors (Lipinski definition) is 1. The second-order valence-electron chi connectivity index (χ2n) is 3.59. The van der Waals surface area contributed by atoms with Gasteiger partial charge in [0.25, 0.3) is 11.1 Å². The molecule has 0 saturated carbocycles. The maximum absolute atomic E-state index is 11.6. The fraction of sp³-hybridized carbons (Fsp3) is 0.167. The lowest BCUT2D eigenvalue weighted by molar-refractivity contribution is -0.115. The molecular formula is C12H9I2NO3S. The number of benzene rings is 1. The Hall–Kier alpha value is -0.290. The van der Waals surface area contributed by atoms with Gasteiger partial charge in [-0.05, 0) is 82.1 Å². The van der Waals surface area contributed by atoms with Crippen LogP contribution in [0.3, 0.4) is 0 Å². The second-order valence-corrected chi connectivity index (χ2v) is 7.01. The number of carbonyl (C=O) groups excluding carboxylic acids is 2. The number of imide groups is 1. The molecule has 2 rings (SSSR count). The number of halogens is 2. The van der Waals surface area contributed by atoms with Crippen LogP contribution in [0.2, 0.25) is 0 Å². The summed E-state index contributed by atoms with van der Waals surface area (Å²) in [6.45, 7) is 2.45. The van der Waals surface area contributed by atoms with E-state index in [1.807, 2.05) is 19.1 Å². The van der Waals surface area contributed by atoms with Crippen molar-refractivity contribution in [3.05, 3.63) is 29.7 Å². The van der Waals surface area contributed by atoms with Gasteiger partial charge in [0, 0.05) is 9.13 Å². The highest BCUT2D eigenvalue weighted by Crippen LogP contribution is 2.33. The van der Waals surface area contributed by atoms with Crippen molar-refractivity contribution in [2.75, 3.05) is 6.61 Å². The van der Waals surface area contributed by atoms with Crippen LogP contribution < -0.4 is 10.1 Å². The maximum Gasteiger partial charge on any atom is 0.290 e. The van der Waals surface area contributed by atoms with Crippen LogP contribution in [-0.2, 0) is 4.79 Å². The van der Waals surface area contributed by atoms with Crippen molar-refractivity contribution in [3.8, 4) is 5.75 Å². The summed E-state index contributed by atoms with van der Waals surface area (Å²) in [5, 5.41) is 1.90. The van der Waals surface area contributed by atoms with Gasteiger partial charge in [0.15, 0.2) is 0 Å². The van der Waals surface area contributed by atoms with Crippen LogP contribution in [-0.4, -0.2) is 17.8 Å². The molecule has 0 aliphatic carbocycles. The lowest BCUT2D eigenvalue weighted by atomic mass is 10.2. The summed E-state index contributed by atoms with van der Waals surface area (Å²) in [5.74, 6) is 0.384. The van der Waals surface area contributed by atoms with Crippen LogP contribution in [0.25, 0.3) is 6.08 Å². The summed E-state index contributed by atoms with van der Waals surface area (Å²) in [4.78, 5) is 23.1. The molecule has 1 fully saturated rings. The summed E-state index contributed by atoms with van der Waals surface area (Å²) >= 11 is 5.31. The third-order valence-electron chi connectivity index (χ3n) is 2.25. The molecule has 0 atom stereocenters. The smallest absolute Gasteiger partial charge is 0.290 e. The van der Waals surface area contributed by atoms with Gasteiger partial charge >= 0.3 is 0 Å². The molecule has 0 spiro atoms. The Morgan fingerprint density at radius 2 is 2.11 bits per heavy atom. The first-order valence-electron chi connectivity index (χ1n) is 5.38. The van der Waals surface area contributed by atoms with Crippen LogP contribution in [0.1, 0.15) is 12.5 Å². The fourth-order valence-corrected chi connectivity index (χ4v) is 4.26. The van der Waals surface area contributed by atoms with Crippen molar-refractivity contribution in [1.82, 2.24) is 5.32 Å². The zero-order chi connectivity index (χ0) is 14.0. The summed E-state index contributed by atoms with van der Waals surface area (Å²) in [6, 6.07) is 3.93. The molecule has 1 aliphatic heterocycles. The maximum atomic E-state index is 11.6. The molecule has 4 nitrogen and oxygen atoms in total. The van der Waals surface area contributed by atoms with E-state index in [4.69, 9.17) is 4.74 Å². The lowest BCUT2D eigenvalue weighted by Gasteiger charge is -2.10. The fourth-order valence-electron chi connectivity index (χ4n) is 1.55. The van der Waals surface area contributed by atoms with Gasteiger partial charge in [-0.3, -0.25) is 14.9 Å². The molecule has 1 N–H and O–H groups in total. The molecule has 1 aromatic rings. The molecular weight excluding hydrogens is 492 g/mol. The molecule has 0 unspecified atom stereocenters. The van der Waals surface area contributed by atoms with Crippen LogP contribution in [0.15, 0.2) is 17.0 Å². The van der Waals surface area contributed by atoms with E-state index in [-0.39, 0.29) is 11.1 Å². The minimum absolute atomic E-state index is 0.338. The third-order valence-corrected chi connectivity index (χ3v) is 4.49. The molecule has 19 heavy (non-hydrogen) atoms. The van der Waals surface area contributed by atoms with E-state index in [0.29, 0.717) is 11.5 Å². The van der Waals surface area contributed by atoms with Gasteiger partial charge < -0.3 is 4.74 Å². The zero-order valence-electron chi connectivity index (χ0n) is 9.83. The Morgan fingerprint density at radius 3 is 2.68 bits per heavy atom. The first kappa shape index (κ1) is 15.1. The topological polar surface area (TPSA) is 55.4 Å². The highest BCUT2D eigenvalue weighted by atomic mass is 127. The molecule has 1 aromatic carbocycles. The van der Waals surface area contributed by atoms with Crippen molar-refractivity contribution < 1.29 is 14.3 Å². The van der Waals surface area contributed by atoms with Crippen molar-refractivity contribution in [2.45, 2.75) is 6.92 Å². The molecule has 0 bridgehead atoms. The Bertz CT molecular complexity index is 587. The second kappa shape index (κ2) is 6.44. The SMILES string of the molecule is CCOc1c(I)cc(I)cc1/C=C1\SC(=O)NC1=O. The number of amides is 2. The summed E-state index contributed by atoms with van der Waals surface area (Å²) < 4.78 is 7.64. The highest BCUT2D eigenvalue weighted by molar-refractivity contribution is 14.1. The van der Waals surface area contributed by atoms with E-state index >= 15 is 0 Å². The Morgan fingerprint density at radius 1 is 1.37 bits per heavy atom. The number of rotatable bonds is 3. The highest BCUT2D eigenvalue weighted by Gasteiger charge is 2.25. The monoisotopic (exact) mass is 501 g/mol. The van der Waals surface area contributed by atoms with Crippen molar-refractivity contribution in [1.29, 1.82) is 0 Å². The van der Waals surface area contributed by atoms with Gasteiger partial charge in [-0.1, -0.05) is 0 Å².